The van der Waals surface area contributed by atoms with Crippen LogP contribution >= 0.6 is 22.7 Å². The first-order chi connectivity index (χ1) is 61.4. The van der Waals surface area contributed by atoms with Gasteiger partial charge in [-0.2, -0.15) is 0 Å². The minimum absolute atomic E-state index is 0.440. The van der Waals surface area contributed by atoms with E-state index in [1.807, 2.05) is 108 Å². The number of benzene rings is 18. The summed E-state index contributed by atoms with van der Waals surface area (Å²) >= 11 is 3.72. The van der Waals surface area contributed by atoms with Gasteiger partial charge < -0.3 is 0 Å². The normalized spacial score (nSPS) is 12.6. The summed E-state index contributed by atoms with van der Waals surface area (Å²) < 4.78 is 5.12. The minimum atomic E-state index is -0.451. The van der Waals surface area contributed by atoms with Crippen molar-refractivity contribution < 1.29 is 0 Å². The summed E-state index contributed by atoms with van der Waals surface area (Å²) in [6.07, 6.45) is 0. The molecule has 0 amide bonds. The largest absolute Gasteiger partial charge is 0.208 e. The van der Waals surface area contributed by atoms with Crippen molar-refractivity contribution >= 4 is 63.0 Å². The quantitative estimate of drug-likeness (QED) is 0.108. The summed E-state index contributed by atoms with van der Waals surface area (Å²) in [5, 5.41) is 5.08. The molecule has 0 saturated carbocycles. The second-order valence-electron chi connectivity index (χ2n) is 31.9. The van der Waals surface area contributed by atoms with E-state index in [1.54, 1.807) is 0 Å². The molecule has 0 spiro atoms. The van der Waals surface area contributed by atoms with Gasteiger partial charge in [-0.05, 0) is 184 Å². The number of hydrogen-bond donors (Lipinski definition) is 0. The molecule has 0 unspecified atom stereocenters. The highest BCUT2D eigenvalue weighted by atomic mass is 32.1. The molecule has 0 bridgehead atoms. The molecule has 4 aromatic heterocycles. The maximum atomic E-state index is 5.14. The molecule has 18 aromatic carbocycles. The molecule has 6 nitrogen and oxygen atoms in total. The summed E-state index contributed by atoms with van der Waals surface area (Å²) in [7, 11) is 0. The number of hydrogen-bond acceptors (Lipinski definition) is 8. The van der Waals surface area contributed by atoms with Crippen LogP contribution in [0.25, 0.3) is 175 Å². The summed E-state index contributed by atoms with van der Waals surface area (Å²) in [5.74, 6) is 3.86. The van der Waals surface area contributed by atoms with Crippen LogP contribution in [0.4, 0.5) is 0 Å². The van der Waals surface area contributed by atoms with Crippen LogP contribution in [-0.4, -0.2) is 29.9 Å². The highest BCUT2D eigenvalue weighted by Crippen LogP contribution is 2.59. The third kappa shape index (κ3) is 12.8. The van der Waals surface area contributed by atoms with Crippen molar-refractivity contribution in [2.24, 2.45) is 0 Å². The van der Waals surface area contributed by atoms with Gasteiger partial charge in [0.15, 0.2) is 34.9 Å². The molecule has 2 aliphatic rings. The highest BCUT2D eigenvalue weighted by Gasteiger charge is 2.48. The zero-order valence-electron chi connectivity index (χ0n) is 67.2. The van der Waals surface area contributed by atoms with Crippen LogP contribution in [0.15, 0.2) is 449 Å². The van der Waals surface area contributed by atoms with E-state index in [2.05, 4.69) is 364 Å². The molecular weight excluding hydrogens is 1540 g/mol. The van der Waals surface area contributed by atoms with Crippen molar-refractivity contribution in [2.45, 2.75) is 10.8 Å². The van der Waals surface area contributed by atoms with Gasteiger partial charge in [0.1, 0.15) is 0 Å². The maximum Gasteiger partial charge on any atom is 0.164 e. The fraction of sp³-hybridized carbons (Fsp3) is 0.0172. The smallest absolute Gasteiger partial charge is 0.164 e. The number of aromatic nitrogens is 6. The van der Waals surface area contributed by atoms with Gasteiger partial charge >= 0.3 is 0 Å². The molecule has 124 heavy (non-hydrogen) atoms. The average Bonchev–Trinajstić information content (AvgIpc) is 1.54. The van der Waals surface area contributed by atoms with E-state index in [0.29, 0.717) is 34.9 Å². The van der Waals surface area contributed by atoms with E-state index in [-0.39, 0.29) is 0 Å². The summed E-state index contributed by atoms with van der Waals surface area (Å²) in [6.45, 7) is 0. The van der Waals surface area contributed by atoms with Crippen LogP contribution in [0, 0.1) is 0 Å². The SMILES string of the molecule is c1ccc(-c2cccc(-c3nc(-c4ccccc4)nc(-c4cccc(-c5ccc6sc7ccc(C8(c9ccccc9)c9ccccc9-c9ccccc98)cc7c6c5)c4)n3)c2)cc1.c1ccc(-c2nc(-c3ccccc3)nc(-c3cccc(-c4cccc(-c5ccc6sc7ccc(C8(c9ccccc9)c9ccccc9-c9ccccc98)cc7c6c5)c4)c3)n2)cc1. The van der Waals surface area contributed by atoms with Crippen molar-refractivity contribution in [3.63, 3.8) is 0 Å². The van der Waals surface area contributed by atoms with Crippen molar-refractivity contribution in [1.29, 1.82) is 0 Å². The molecule has 8 heteroatoms. The van der Waals surface area contributed by atoms with Crippen LogP contribution in [0.5, 0.6) is 0 Å². The van der Waals surface area contributed by atoms with Gasteiger partial charge in [0.25, 0.3) is 0 Å². The Morgan fingerprint density at radius 2 is 0.363 bits per heavy atom. The fourth-order valence-electron chi connectivity index (χ4n) is 19.1. The number of rotatable bonds is 14. The van der Waals surface area contributed by atoms with Crippen LogP contribution < -0.4 is 0 Å². The van der Waals surface area contributed by atoms with E-state index in [1.165, 1.54) is 118 Å². The first-order valence-corrected chi connectivity index (χ1v) is 43.6. The number of thiophene rings is 2. The lowest BCUT2D eigenvalue weighted by Crippen LogP contribution is -2.28. The summed E-state index contributed by atoms with van der Waals surface area (Å²) in [5.41, 5.74) is 29.5. The Hall–Kier alpha value is -15.6. The van der Waals surface area contributed by atoms with Crippen molar-refractivity contribution in [3.05, 3.63) is 493 Å². The molecule has 24 rings (SSSR count). The topological polar surface area (TPSA) is 77.3 Å². The van der Waals surface area contributed by atoms with E-state index in [4.69, 9.17) is 29.9 Å². The predicted octanol–water partition coefficient (Wildman–Crippen LogP) is 29.9. The van der Waals surface area contributed by atoms with Crippen molar-refractivity contribution in [2.75, 3.05) is 0 Å². The van der Waals surface area contributed by atoms with Gasteiger partial charge in [-0.25, -0.2) is 29.9 Å². The number of nitrogens with zero attached hydrogens (tertiary/aromatic N) is 6. The Morgan fingerprint density at radius 3 is 0.677 bits per heavy atom. The van der Waals surface area contributed by atoms with Gasteiger partial charge in [-0.1, -0.05) is 376 Å². The molecule has 0 fully saturated rings. The average molecular weight is 1620 g/mol. The summed E-state index contributed by atoms with van der Waals surface area (Å²) in [6, 6.07) is 161. The molecule has 0 saturated heterocycles. The summed E-state index contributed by atoms with van der Waals surface area (Å²) in [4.78, 5) is 30.2. The monoisotopic (exact) mass is 1610 g/mol. The first-order valence-electron chi connectivity index (χ1n) is 42.0. The zero-order valence-corrected chi connectivity index (χ0v) is 68.9. The highest BCUT2D eigenvalue weighted by molar-refractivity contribution is 7.26. The Bertz CT molecular complexity index is 7710. The van der Waals surface area contributed by atoms with Gasteiger partial charge in [-0.3, -0.25) is 0 Å². The molecule has 4 heterocycles. The Labute approximate surface area is 726 Å². The van der Waals surface area contributed by atoms with E-state index >= 15 is 0 Å². The molecule has 0 aliphatic heterocycles. The number of fused-ring (bicyclic) bond motifs is 12. The molecule has 580 valence electrons. The van der Waals surface area contributed by atoms with Crippen LogP contribution in [0.2, 0.25) is 0 Å². The Kier molecular flexibility index (Phi) is 18.3. The molecular formula is C116H74N6S2. The first kappa shape index (κ1) is 73.6. The molecule has 22 aromatic rings. The van der Waals surface area contributed by atoms with E-state index in [0.717, 1.165) is 66.8 Å². The molecule has 0 radical (unpaired) electrons. The van der Waals surface area contributed by atoms with Gasteiger partial charge in [0, 0.05) is 73.7 Å². The van der Waals surface area contributed by atoms with Crippen LogP contribution in [0.1, 0.15) is 44.5 Å². The third-order valence-corrected chi connectivity index (χ3v) is 27.1. The minimum Gasteiger partial charge on any atom is -0.208 e. The maximum absolute atomic E-state index is 5.14. The third-order valence-electron chi connectivity index (χ3n) is 24.8. The van der Waals surface area contributed by atoms with Gasteiger partial charge in [-0.15, -0.1) is 22.7 Å². The fourth-order valence-corrected chi connectivity index (χ4v) is 21.2. The van der Waals surface area contributed by atoms with Crippen molar-refractivity contribution in [3.8, 4) is 135 Å². The van der Waals surface area contributed by atoms with Gasteiger partial charge in [0.2, 0.25) is 0 Å². The second kappa shape index (κ2) is 30.9. The Balaban J connectivity index is 0.000000143. The lowest BCUT2D eigenvalue weighted by Gasteiger charge is -2.34. The van der Waals surface area contributed by atoms with E-state index in [9.17, 15) is 0 Å². The van der Waals surface area contributed by atoms with Crippen molar-refractivity contribution in [1.82, 2.24) is 29.9 Å². The predicted molar refractivity (Wildman–Crippen MR) is 514 cm³/mol. The Morgan fingerprint density at radius 1 is 0.145 bits per heavy atom. The lowest BCUT2D eigenvalue weighted by atomic mass is 9.67. The lowest BCUT2D eigenvalue weighted by molar-refractivity contribution is 0.770. The second-order valence-corrected chi connectivity index (χ2v) is 34.0. The molecule has 0 N–H and O–H groups in total. The van der Waals surface area contributed by atoms with Gasteiger partial charge in [0.05, 0.1) is 10.8 Å². The van der Waals surface area contributed by atoms with Crippen LogP contribution in [0.3, 0.4) is 0 Å². The zero-order chi connectivity index (χ0) is 82.1. The van der Waals surface area contributed by atoms with E-state index < -0.39 is 10.8 Å². The molecule has 0 atom stereocenters. The van der Waals surface area contributed by atoms with Crippen LogP contribution in [-0.2, 0) is 10.8 Å². The molecule has 2 aliphatic carbocycles. The standard InChI is InChI=1S/2C58H37N3S/c1-4-16-38(17-5-1)40-20-14-22-43(34-40)56-59-55(39-18-6-2-7-19-39)60-57(61-56)44-23-15-21-41(35-44)42-30-32-53-49(36-42)50-37-46(31-33-54(50)62-53)58(45-24-8-3-9-25-45)51-28-12-10-26-47(51)48-27-11-13-29-52(48)58;1-4-16-38(17-5-1)55-59-56(39-18-6-2-7-19-39)61-57(60-55)44-23-15-22-42(35-44)40-20-14-21-41(34-40)43-30-32-53-49(36-43)50-37-46(31-33-54(50)62-53)58(45-24-8-3-9-25-45)51-28-12-10-26-47(51)48-27-11-13-29-52(48)58/h2*1-37H.